The molecule has 2 heterocycles. The van der Waals surface area contributed by atoms with E-state index in [0.717, 1.165) is 44.7 Å². The molecule has 0 aromatic rings. The van der Waals surface area contributed by atoms with Crippen molar-refractivity contribution < 1.29 is 19.1 Å². The van der Waals surface area contributed by atoms with E-state index >= 15 is 0 Å². The van der Waals surface area contributed by atoms with E-state index in [-0.39, 0.29) is 38.9 Å². The Hall–Kier alpha value is -1.18. The van der Waals surface area contributed by atoms with Gasteiger partial charge in [0, 0.05) is 12.6 Å². The molecule has 2 N–H and O–H groups in total. The molecule has 0 saturated carbocycles. The molecule has 0 radical (unpaired) electrons. The molecule has 4 atom stereocenters. The number of carbonyl (C=O) groups excluding carboxylic acids is 2. The van der Waals surface area contributed by atoms with E-state index in [0.29, 0.717) is 6.04 Å². The number of piperidine rings is 2. The van der Waals surface area contributed by atoms with Crippen LogP contribution < -0.4 is 10.6 Å². The number of rotatable bonds is 4. The predicted molar refractivity (Wildman–Crippen MR) is 111 cm³/mol. The van der Waals surface area contributed by atoms with Gasteiger partial charge in [0.15, 0.2) is 0 Å². The number of esters is 2. The average molecular weight is 390 g/mol. The average Bonchev–Trinajstić information content (AvgIpc) is 2.67. The highest BCUT2D eigenvalue weighted by Crippen LogP contribution is 2.17. The maximum atomic E-state index is 11.1. The van der Waals surface area contributed by atoms with Gasteiger partial charge in [-0.3, -0.25) is 9.59 Å². The Bertz CT molecular complexity index is 402. The van der Waals surface area contributed by atoms with Crippen molar-refractivity contribution in [2.24, 2.45) is 5.92 Å². The van der Waals surface area contributed by atoms with Crippen molar-refractivity contribution >= 4 is 11.9 Å². The molecule has 27 heavy (non-hydrogen) atoms. The summed E-state index contributed by atoms with van der Waals surface area (Å²) in [7, 11) is 6.99. The lowest BCUT2D eigenvalue weighted by Crippen LogP contribution is -2.50. The summed E-state index contributed by atoms with van der Waals surface area (Å²) in [6, 6.07) is 0.389. The summed E-state index contributed by atoms with van der Waals surface area (Å²) in [6.07, 6.45) is 5.19. The number of ether oxygens (including phenoxy) is 2. The molecule has 2 saturated heterocycles. The fraction of sp³-hybridized carbons (Fsp3) is 0.900. The molecule has 0 unspecified atom stereocenters. The van der Waals surface area contributed by atoms with Gasteiger partial charge in [0.1, 0.15) is 12.1 Å². The van der Waals surface area contributed by atoms with Gasteiger partial charge in [-0.05, 0) is 52.2 Å². The predicted octanol–water partition coefficient (Wildman–Crippen LogP) is 2.05. The van der Waals surface area contributed by atoms with E-state index in [1.165, 1.54) is 20.6 Å². The van der Waals surface area contributed by atoms with Crippen LogP contribution in [0.3, 0.4) is 0 Å². The highest BCUT2D eigenvalue weighted by Gasteiger charge is 2.27. The summed E-state index contributed by atoms with van der Waals surface area (Å²) in [5, 5.41) is 6.38. The second-order valence-electron chi connectivity index (χ2n) is 7.01. The Morgan fingerprint density at radius 2 is 1.37 bits per heavy atom. The summed E-state index contributed by atoms with van der Waals surface area (Å²) in [5.74, 6) is 0.479. The molecular formula is C20H43N3O4. The van der Waals surface area contributed by atoms with E-state index in [2.05, 4.69) is 46.0 Å². The first-order valence-electron chi connectivity index (χ1n) is 9.21. The van der Waals surface area contributed by atoms with Gasteiger partial charge in [0.25, 0.3) is 0 Å². The summed E-state index contributed by atoms with van der Waals surface area (Å²) in [6.45, 7) is 4.01. The molecule has 2 aliphatic heterocycles. The van der Waals surface area contributed by atoms with Crippen LogP contribution in [0.2, 0.25) is 0 Å². The Kier molecular flexibility index (Phi) is 15.4. The third kappa shape index (κ3) is 9.53. The fourth-order valence-corrected chi connectivity index (χ4v) is 3.23. The molecule has 2 fully saturated rings. The SMILES string of the molecule is C.C.CC[C@@H]1CC[C@@H](C(=O)OC)NC1.COC(=O)[C@@H]1CC[C@@H](N(C)C)CN1. The Balaban J connectivity index is 0. The van der Waals surface area contributed by atoms with Crippen molar-refractivity contribution in [3.05, 3.63) is 0 Å². The maximum Gasteiger partial charge on any atom is 0.322 e. The van der Waals surface area contributed by atoms with Gasteiger partial charge < -0.3 is 25.0 Å². The lowest BCUT2D eigenvalue weighted by Gasteiger charge is -2.32. The first-order valence-corrected chi connectivity index (χ1v) is 9.21. The Labute approximate surface area is 166 Å². The third-order valence-corrected chi connectivity index (χ3v) is 5.18. The van der Waals surface area contributed by atoms with Crippen LogP contribution in [0.4, 0.5) is 0 Å². The molecule has 0 aromatic carbocycles. The summed E-state index contributed by atoms with van der Waals surface area (Å²) in [4.78, 5) is 24.4. The van der Waals surface area contributed by atoms with Crippen LogP contribution in [0.5, 0.6) is 0 Å². The van der Waals surface area contributed by atoms with Crippen LogP contribution in [-0.2, 0) is 19.1 Å². The highest BCUT2D eigenvalue weighted by molar-refractivity contribution is 5.76. The number of nitrogens with zero attached hydrogens (tertiary/aromatic N) is 1. The van der Waals surface area contributed by atoms with E-state index in [9.17, 15) is 9.59 Å². The second kappa shape index (κ2) is 14.8. The van der Waals surface area contributed by atoms with Gasteiger partial charge in [0.05, 0.1) is 14.2 Å². The van der Waals surface area contributed by atoms with Gasteiger partial charge in [-0.25, -0.2) is 0 Å². The highest BCUT2D eigenvalue weighted by atomic mass is 16.5. The van der Waals surface area contributed by atoms with Crippen LogP contribution in [0.25, 0.3) is 0 Å². The molecule has 162 valence electrons. The zero-order valence-corrected chi connectivity index (χ0v) is 16.3. The molecule has 0 amide bonds. The van der Waals surface area contributed by atoms with Crippen LogP contribution in [0.1, 0.15) is 53.9 Å². The number of methoxy groups -OCH3 is 2. The minimum Gasteiger partial charge on any atom is -0.468 e. The van der Waals surface area contributed by atoms with Gasteiger partial charge in [-0.1, -0.05) is 28.2 Å². The van der Waals surface area contributed by atoms with Crippen LogP contribution >= 0.6 is 0 Å². The number of carbonyl (C=O) groups is 2. The van der Waals surface area contributed by atoms with Crippen molar-refractivity contribution in [1.82, 2.24) is 15.5 Å². The quantitative estimate of drug-likeness (QED) is 0.712. The lowest BCUT2D eigenvalue weighted by atomic mass is 9.93. The van der Waals surface area contributed by atoms with E-state index in [4.69, 9.17) is 0 Å². The van der Waals surface area contributed by atoms with Crippen molar-refractivity contribution in [2.75, 3.05) is 41.4 Å². The van der Waals surface area contributed by atoms with Gasteiger partial charge in [-0.15, -0.1) is 0 Å². The summed E-state index contributed by atoms with van der Waals surface area (Å²) in [5.41, 5.74) is 0. The van der Waals surface area contributed by atoms with E-state index in [1.807, 2.05) is 0 Å². The van der Waals surface area contributed by atoms with Gasteiger partial charge in [-0.2, -0.15) is 0 Å². The second-order valence-corrected chi connectivity index (χ2v) is 7.01. The van der Waals surface area contributed by atoms with Crippen LogP contribution in [-0.4, -0.2) is 76.4 Å². The topological polar surface area (TPSA) is 79.9 Å². The van der Waals surface area contributed by atoms with Crippen molar-refractivity contribution in [2.45, 2.75) is 72.0 Å². The molecule has 0 spiro atoms. The molecule has 2 aliphatic rings. The Morgan fingerprint density at radius 1 is 0.889 bits per heavy atom. The normalized spacial score (nSPS) is 27.2. The number of nitrogens with one attached hydrogen (secondary N) is 2. The molecular weight excluding hydrogens is 346 g/mol. The molecule has 0 aliphatic carbocycles. The number of hydrogen-bond donors (Lipinski definition) is 2. The van der Waals surface area contributed by atoms with Crippen LogP contribution in [0.15, 0.2) is 0 Å². The zero-order valence-electron chi connectivity index (χ0n) is 16.3. The zero-order chi connectivity index (χ0) is 18.8. The molecule has 0 bridgehead atoms. The standard InChI is InChI=1S/C9H18N2O2.C9H17NO2.2CH4/c1-11(2)7-4-5-8(10-6-7)9(12)13-3;1-3-7-4-5-8(10-6-7)9(11)12-2;;/h7-8,10H,4-6H2,1-3H3;7-8,10H,3-6H2,1-2H3;2*1H4/t2*7-,8+;;/m11../s1. The Morgan fingerprint density at radius 3 is 1.67 bits per heavy atom. The largest absolute Gasteiger partial charge is 0.468 e. The van der Waals surface area contributed by atoms with E-state index in [1.54, 1.807) is 0 Å². The van der Waals surface area contributed by atoms with Gasteiger partial charge in [0.2, 0.25) is 0 Å². The summed E-state index contributed by atoms with van der Waals surface area (Å²) < 4.78 is 9.33. The lowest BCUT2D eigenvalue weighted by molar-refractivity contribution is -0.144. The summed E-state index contributed by atoms with van der Waals surface area (Å²) >= 11 is 0. The monoisotopic (exact) mass is 389 g/mol. The molecule has 7 heteroatoms. The fourth-order valence-electron chi connectivity index (χ4n) is 3.23. The minimum atomic E-state index is -0.141. The van der Waals surface area contributed by atoms with Crippen molar-refractivity contribution in [3.63, 3.8) is 0 Å². The maximum absolute atomic E-state index is 11.1. The van der Waals surface area contributed by atoms with Crippen molar-refractivity contribution in [1.29, 1.82) is 0 Å². The van der Waals surface area contributed by atoms with Gasteiger partial charge >= 0.3 is 11.9 Å². The minimum absolute atomic E-state index is 0. The number of likely N-dealkylation sites (N-methyl/N-ethyl adjacent to an activating group) is 1. The first kappa shape index (κ1) is 28.0. The molecule has 7 nitrogen and oxygen atoms in total. The molecule has 2 rings (SSSR count). The van der Waals surface area contributed by atoms with Crippen molar-refractivity contribution in [3.8, 4) is 0 Å². The van der Waals surface area contributed by atoms with E-state index < -0.39 is 0 Å². The van der Waals surface area contributed by atoms with Crippen LogP contribution in [0, 0.1) is 5.92 Å². The smallest absolute Gasteiger partial charge is 0.322 e. The third-order valence-electron chi connectivity index (χ3n) is 5.18. The molecule has 0 aromatic heterocycles. The first-order chi connectivity index (χ1) is 11.9. The number of hydrogen-bond acceptors (Lipinski definition) is 7.